The first-order valence-electron chi connectivity index (χ1n) is 12.5. The summed E-state index contributed by atoms with van der Waals surface area (Å²) < 4.78 is 64.0. The molecule has 40 heavy (non-hydrogen) atoms. The predicted molar refractivity (Wildman–Crippen MR) is 143 cm³/mol. The van der Waals surface area contributed by atoms with Crippen LogP contribution in [-0.4, -0.2) is 56.4 Å². The van der Waals surface area contributed by atoms with Gasteiger partial charge in [0, 0.05) is 25.1 Å². The van der Waals surface area contributed by atoms with Crippen molar-refractivity contribution in [2.45, 2.75) is 29.8 Å². The van der Waals surface area contributed by atoms with Crippen molar-refractivity contribution in [3.63, 3.8) is 0 Å². The zero-order chi connectivity index (χ0) is 28.6. The molecule has 4 rings (SSSR count). The predicted octanol–water partition coefficient (Wildman–Crippen LogP) is 2.93. The third kappa shape index (κ3) is 7.20. The summed E-state index contributed by atoms with van der Waals surface area (Å²) in [6, 6.07) is 18.0. The van der Waals surface area contributed by atoms with Gasteiger partial charge in [-0.1, -0.05) is 24.3 Å². The summed E-state index contributed by atoms with van der Waals surface area (Å²) in [5.74, 6) is -2.27. The van der Waals surface area contributed by atoms with Crippen LogP contribution in [0.4, 0.5) is 8.78 Å². The average Bonchev–Trinajstić information content (AvgIpc) is 3.41. The number of ether oxygens (including phenoxy) is 2. The Morgan fingerprint density at radius 2 is 1.80 bits per heavy atom. The lowest BCUT2D eigenvalue weighted by Crippen LogP contribution is -2.52. The number of hydrogen-bond acceptors (Lipinski definition) is 8. The molecular weight excluding hydrogens is 544 g/mol. The van der Waals surface area contributed by atoms with Crippen molar-refractivity contribution in [3.05, 3.63) is 95.6 Å². The highest BCUT2D eigenvalue weighted by Gasteiger charge is 2.45. The van der Waals surface area contributed by atoms with Crippen molar-refractivity contribution >= 4 is 21.6 Å². The van der Waals surface area contributed by atoms with Crippen LogP contribution in [0, 0.1) is 11.6 Å². The second-order valence-corrected chi connectivity index (χ2v) is 11.2. The summed E-state index contributed by atoms with van der Waals surface area (Å²) in [7, 11) is -3.73. The van der Waals surface area contributed by atoms with Gasteiger partial charge in [0.2, 0.25) is 5.90 Å². The van der Waals surface area contributed by atoms with Crippen molar-refractivity contribution in [3.8, 4) is 5.75 Å². The number of nitrogens with one attached hydrogen (secondary N) is 2. The van der Waals surface area contributed by atoms with E-state index >= 15 is 0 Å². The zero-order valence-corrected chi connectivity index (χ0v) is 22.3. The molecule has 0 bridgehead atoms. The van der Waals surface area contributed by atoms with Crippen LogP contribution >= 0.6 is 0 Å². The van der Waals surface area contributed by atoms with Gasteiger partial charge in [-0.25, -0.2) is 27.6 Å². The van der Waals surface area contributed by atoms with Crippen molar-refractivity contribution in [2.75, 3.05) is 25.6 Å². The first kappa shape index (κ1) is 29.1. The number of carbonyl (C=O) groups is 1. The third-order valence-corrected chi connectivity index (χ3v) is 7.96. The highest BCUT2D eigenvalue weighted by Crippen LogP contribution is 2.28. The summed E-state index contributed by atoms with van der Waals surface area (Å²) in [5, 5.41) is 8.90. The Morgan fingerprint density at radius 1 is 1.05 bits per heavy atom. The van der Waals surface area contributed by atoms with Crippen LogP contribution in [0.2, 0.25) is 0 Å². The Hall–Kier alpha value is -3.87. The lowest BCUT2D eigenvalue weighted by Gasteiger charge is -2.23. The molecule has 3 aromatic carbocycles. The second kappa shape index (κ2) is 13.0. The second-order valence-electron chi connectivity index (χ2n) is 9.13. The van der Waals surface area contributed by atoms with Gasteiger partial charge in [-0.2, -0.15) is 0 Å². The molecule has 0 spiro atoms. The maximum absolute atomic E-state index is 13.5. The van der Waals surface area contributed by atoms with E-state index in [0.717, 1.165) is 12.1 Å². The Bertz CT molecular complexity index is 1450. The molecule has 0 saturated carbocycles. The summed E-state index contributed by atoms with van der Waals surface area (Å²) in [6.07, 6.45) is 0.319. The molecule has 1 amide bonds. The van der Waals surface area contributed by atoms with E-state index < -0.39 is 32.9 Å². The van der Waals surface area contributed by atoms with Crippen LogP contribution < -0.4 is 15.6 Å². The van der Waals surface area contributed by atoms with Crippen molar-refractivity contribution in [2.24, 2.45) is 4.99 Å². The fraction of sp³-hybridized carbons (Fsp3) is 0.286. The molecule has 1 aliphatic rings. The van der Waals surface area contributed by atoms with Gasteiger partial charge in [-0.05, 0) is 60.5 Å². The average molecular weight is 574 g/mol. The molecule has 1 heterocycles. The topological polar surface area (TPSA) is 126 Å². The van der Waals surface area contributed by atoms with Crippen LogP contribution in [0.25, 0.3) is 0 Å². The van der Waals surface area contributed by atoms with Crippen molar-refractivity contribution in [1.82, 2.24) is 10.9 Å². The molecule has 0 saturated heterocycles. The monoisotopic (exact) mass is 573 g/mol. The van der Waals surface area contributed by atoms with E-state index in [-0.39, 0.29) is 42.7 Å². The van der Waals surface area contributed by atoms with E-state index in [9.17, 15) is 22.0 Å². The highest BCUT2D eigenvalue weighted by molar-refractivity contribution is 7.91. The number of aliphatic hydroxyl groups is 1. The Morgan fingerprint density at radius 3 is 2.50 bits per heavy atom. The minimum atomic E-state index is -3.73. The molecule has 1 aliphatic heterocycles. The summed E-state index contributed by atoms with van der Waals surface area (Å²) in [5.41, 5.74) is 4.54. The Balaban J connectivity index is 1.52. The van der Waals surface area contributed by atoms with Crippen LogP contribution in [-0.2, 0) is 25.9 Å². The van der Waals surface area contributed by atoms with Crippen molar-refractivity contribution < 1.29 is 36.6 Å². The van der Waals surface area contributed by atoms with Crippen LogP contribution in [0.3, 0.4) is 0 Å². The standard InChI is InChI=1S/C28H29F2N3O6S/c29-24-12-7-20(17-25(24)30)18-31-33-27(35)28(13-16-40(36,37)23-5-2-1-3-6-23)19-39-26(32-28)21-8-10-22(11-9-21)38-15-4-14-34/h1-3,5-12,17,31,34H,4,13-16,18-19H2,(H,33,35)/t28-/m0/s1. The number of halogens is 2. The van der Waals surface area contributed by atoms with E-state index in [0.29, 0.717) is 29.9 Å². The molecule has 212 valence electrons. The molecule has 9 nitrogen and oxygen atoms in total. The largest absolute Gasteiger partial charge is 0.494 e. The first-order valence-corrected chi connectivity index (χ1v) is 14.2. The van der Waals surface area contributed by atoms with E-state index in [1.165, 1.54) is 18.2 Å². The normalized spacial score (nSPS) is 16.7. The van der Waals surface area contributed by atoms with Gasteiger partial charge in [-0.15, -0.1) is 0 Å². The summed E-state index contributed by atoms with van der Waals surface area (Å²) >= 11 is 0. The first-order chi connectivity index (χ1) is 19.2. The number of sulfone groups is 1. The van der Waals surface area contributed by atoms with Gasteiger partial charge in [0.1, 0.15) is 12.4 Å². The number of aliphatic imine (C=N–C) groups is 1. The number of amides is 1. The number of carbonyl (C=O) groups excluding carboxylic acids is 1. The molecule has 0 aromatic heterocycles. The number of hydrogen-bond donors (Lipinski definition) is 3. The van der Waals surface area contributed by atoms with Gasteiger partial charge < -0.3 is 14.6 Å². The maximum atomic E-state index is 13.5. The number of rotatable bonds is 13. The lowest BCUT2D eigenvalue weighted by atomic mass is 9.98. The van der Waals surface area contributed by atoms with Gasteiger partial charge in [0.05, 0.1) is 17.3 Å². The van der Waals surface area contributed by atoms with Gasteiger partial charge in [0.25, 0.3) is 5.91 Å². The van der Waals surface area contributed by atoms with E-state index in [1.54, 1.807) is 42.5 Å². The van der Waals surface area contributed by atoms with Crippen LogP contribution in [0.15, 0.2) is 82.7 Å². The maximum Gasteiger partial charge on any atom is 0.265 e. The fourth-order valence-corrected chi connectivity index (χ4v) is 5.36. The molecule has 0 aliphatic carbocycles. The van der Waals surface area contributed by atoms with Crippen LogP contribution in [0.1, 0.15) is 24.0 Å². The minimum Gasteiger partial charge on any atom is -0.494 e. The van der Waals surface area contributed by atoms with Gasteiger partial charge >= 0.3 is 0 Å². The SMILES string of the molecule is O=C(NNCc1ccc(F)c(F)c1)[C@]1(CCS(=O)(=O)c2ccccc2)COC(c2ccc(OCCCO)cc2)=N1. The smallest absolute Gasteiger partial charge is 0.265 e. The zero-order valence-electron chi connectivity index (χ0n) is 21.5. The number of hydrazine groups is 1. The van der Waals surface area contributed by atoms with Crippen molar-refractivity contribution in [1.29, 1.82) is 0 Å². The summed E-state index contributed by atoms with van der Waals surface area (Å²) in [6.45, 7) is 0.142. The highest BCUT2D eigenvalue weighted by atomic mass is 32.2. The molecular formula is C28H29F2N3O6S. The lowest BCUT2D eigenvalue weighted by molar-refractivity contribution is -0.127. The molecule has 12 heteroatoms. The Labute approximate surface area is 230 Å². The molecule has 0 radical (unpaired) electrons. The van der Waals surface area contributed by atoms with Gasteiger partial charge in [-0.3, -0.25) is 10.2 Å². The van der Waals surface area contributed by atoms with E-state index in [4.69, 9.17) is 14.6 Å². The minimum absolute atomic E-state index is 0.0164. The van der Waals surface area contributed by atoms with Crippen LogP contribution in [0.5, 0.6) is 5.75 Å². The fourth-order valence-electron chi connectivity index (χ4n) is 3.94. The number of aliphatic hydroxyl groups excluding tert-OH is 1. The molecule has 3 N–H and O–H groups in total. The molecule has 3 aromatic rings. The van der Waals surface area contributed by atoms with Gasteiger partial charge in [0.15, 0.2) is 27.0 Å². The van der Waals surface area contributed by atoms with E-state index in [2.05, 4.69) is 15.8 Å². The molecule has 1 atom stereocenters. The number of nitrogens with zero attached hydrogens (tertiary/aromatic N) is 1. The number of benzene rings is 3. The molecule has 0 unspecified atom stereocenters. The third-order valence-electron chi connectivity index (χ3n) is 6.22. The quantitative estimate of drug-likeness (QED) is 0.212. The summed E-state index contributed by atoms with van der Waals surface area (Å²) in [4.78, 5) is 18.0. The van der Waals surface area contributed by atoms with E-state index in [1.807, 2.05) is 0 Å². The molecule has 0 fully saturated rings. The Kier molecular flexibility index (Phi) is 9.46.